The van der Waals surface area contributed by atoms with Crippen LogP contribution in [0.15, 0.2) is 18.2 Å². The molecule has 0 radical (unpaired) electrons. The summed E-state index contributed by atoms with van der Waals surface area (Å²) in [6, 6.07) is 5.47. The monoisotopic (exact) mass is 298 g/mol. The summed E-state index contributed by atoms with van der Waals surface area (Å²) < 4.78 is 21.6. The van der Waals surface area contributed by atoms with Gasteiger partial charge in [-0.2, -0.15) is 0 Å². The van der Waals surface area contributed by atoms with Gasteiger partial charge in [-0.25, -0.2) is 0 Å². The van der Waals surface area contributed by atoms with E-state index >= 15 is 0 Å². The van der Waals surface area contributed by atoms with Crippen molar-refractivity contribution in [3.8, 4) is 11.5 Å². The van der Waals surface area contributed by atoms with Gasteiger partial charge in [0, 0.05) is 32.0 Å². The molecule has 1 rings (SSSR count). The molecule has 0 atom stereocenters. The molecule has 0 saturated heterocycles. The Bertz CT molecular complexity index is 381. The summed E-state index contributed by atoms with van der Waals surface area (Å²) in [5.74, 6) is 1.40. The van der Waals surface area contributed by atoms with Crippen LogP contribution in [-0.2, 0) is 16.1 Å². The van der Waals surface area contributed by atoms with Crippen LogP contribution in [0.25, 0.3) is 0 Å². The summed E-state index contributed by atoms with van der Waals surface area (Å²) in [4.78, 5) is 0. The van der Waals surface area contributed by atoms with E-state index in [0.717, 1.165) is 24.2 Å². The molecule has 0 saturated carbocycles. The second kappa shape index (κ2) is 11.4. The summed E-state index contributed by atoms with van der Waals surface area (Å²) >= 11 is 0. The standard InChI is InChI=1S/C16H26O5/c1-3-7-20-15-6-5-14(13-17)16(12-15)21-11-10-19-9-4-8-18-2/h5-6,12,17H,3-4,7-11,13H2,1-2H3. The molecular formula is C16H26O5. The van der Waals surface area contributed by atoms with Gasteiger partial charge >= 0.3 is 0 Å². The first kappa shape index (κ1) is 17.8. The highest BCUT2D eigenvalue weighted by molar-refractivity contribution is 5.40. The highest BCUT2D eigenvalue weighted by atomic mass is 16.5. The van der Waals surface area contributed by atoms with Crippen LogP contribution in [0.4, 0.5) is 0 Å². The average molecular weight is 298 g/mol. The summed E-state index contributed by atoms with van der Waals surface area (Å²) in [5.41, 5.74) is 0.748. The Morgan fingerprint density at radius 2 is 1.86 bits per heavy atom. The highest BCUT2D eigenvalue weighted by Gasteiger charge is 2.05. The van der Waals surface area contributed by atoms with Gasteiger partial charge in [0.25, 0.3) is 0 Å². The first-order chi connectivity index (χ1) is 10.3. The van der Waals surface area contributed by atoms with Crippen LogP contribution in [0.5, 0.6) is 11.5 Å². The maximum absolute atomic E-state index is 9.32. The van der Waals surface area contributed by atoms with Crippen molar-refractivity contribution in [2.24, 2.45) is 0 Å². The van der Waals surface area contributed by atoms with E-state index in [9.17, 15) is 5.11 Å². The van der Waals surface area contributed by atoms with E-state index in [-0.39, 0.29) is 6.61 Å². The lowest BCUT2D eigenvalue weighted by molar-refractivity contribution is 0.0799. The fourth-order valence-electron chi connectivity index (χ4n) is 1.73. The summed E-state index contributed by atoms with van der Waals surface area (Å²) in [6.45, 7) is 4.97. The SMILES string of the molecule is CCCOc1ccc(CO)c(OCCOCCCOC)c1. The lowest BCUT2D eigenvalue weighted by atomic mass is 10.2. The van der Waals surface area contributed by atoms with Crippen LogP contribution < -0.4 is 9.47 Å². The van der Waals surface area contributed by atoms with Gasteiger partial charge < -0.3 is 24.1 Å². The zero-order valence-electron chi connectivity index (χ0n) is 13.0. The van der Waals surface area contributed by atoms with E-state index in [1.54, 1.807) is 7.11 Å². The lowest BCUT2D eigenvalue weighted by Gasteiger charge is -2.13. The number of aliphatic hydroxyl groups excluding tert-OH is 1. The van der Waals surface area contributed by atoms with E-state index in [2.05, 4.69) is 6.92 Å². The van der Waals surface area contributed by atoms with Crippen LogP contribution in [-0.4, -0.2) is 45.3 Å². The van der Waals surface area contributed by atoms with Gasteiger partial charge in [-0.05, 0) is 25.0 Å². The molecular weight excluding hydrogens is 272 g/mol. The van der Waals surface area contributed by atoms with Crippen molar-refractivity contribution in [1.82, 2.24) is 0 Å². The molecule has 0 fully saturated rings. The third kappa shape index (κ3) is 7.32. The number of rotatable bonds is 12. The number of hydrogen-bond acceptors (Lipinski definition) is 5. The second-order valence-electron chi connectivity index (χ2n) is 4.58. The van der Waals surface area contributed by atoms with Crippen molar-refractivity contribution >= 4 is 0 Å². The van der Waals surface area contributed by atoms with Crippen LogP contribution in [0.3, 0.4) is 0 Å². The Morgan fingerprint density at radius 3 is 2.57 bits per heavy atom. The van der Waals surface area contributed by atoms with E-state index in [1.807, 2.05) is 18.2 Å². The molecule has 0 aliphatic carbocycles. The van der Waals surface area contributed by atoms with Crippen molar-refractivity contribution in [2.75, 3.05) is 40.1 Å². The van der Waals surface area contributed by atoms with E-state index in [4.69, 9.17) is 18.9 Å². The maximum atomic E-state index is 9.32. The fraction of sp³-hybridized carbons (Fsp3) is 0.625. The Balaban J connectivity index is 2.37. The lowest BCUT2D eigenvalue weighted by Crippen LogP contribution is -2.09. The van der Waals surface area contributed by atoms with Crippen molar-refractivity contribution in [2.45, 2.75) is 26.4 Å². The molecule has 1 aromatic rings. The second-order valence-corrected chi connectivity index (χ2v) is 4.58. The zero-order valence-corrected chi connectivity index (χ0v) is 13.0. The molecule has 1 N–H and O–H groups in total. The molecule has 0 aromatic heterocycles. The Kier molecular flexibility index (Phi) is 9.61. The number of methoxy groups -OCH3 is 1. The Labute approximate surface area is 126 Å². The minimum absolute atomic E-state index is 0.0575. The number of benzene rings is 1. The maximum Gasteiger partial charge on any atom is 0.128 e. The van der Waals surface area contributed by atoms with Crippen LogP contribution >= 0.6 is 0 Å². The van der Waals surface area contributed by atoms with Crippen LogP contribution in [0.1, 0.15) is 25.3 Å². The molecule has 0 spiro atoms. The quantitative estimate of drug-likeness (QED) is 0.601. The van der Waals surface area contributed by atoms with Gasteiger partial charge in [-0.15, -0.1) is 0 Å². The topological polar surface area (TPSA) is 57.2 Å². The minimum atomic E-state index is -0.0575. The third-order valence-corrected chi connectivity index (χ3v) is 2.80. The number of hydrogen-bond donors (Lipinski definition) is 1. The molecule has 5 heteroatoms. The average Bonchev–Trinajstić information content (AvgIpc) is 2.52. The smallest absolute Gasteiger partial charge is 0.128 e. The number of ether oxygens (including phenoxy) is 4. The Morgan fingerprint density at radius 1 is 1.00 bits per heavy atom. The molecule has 0 bridgehead atoms. The van der Waals surface area contributed by atoms with Gasteiger partial charge in [0.2, 0.25) is 0 Å². The predicted octanol–water partition coefficient (Wildman–Crippen LogP) is 2.40. The van der Waals surface area contributed by atoms with Crippen LogP contribution in [0, 0.1) is 0 Å². The van der Waals surface area contributed by atoms with Gasteiger partial charge in [0.05, 0.1) is 19.8 Å². The van der Waals surface area contributed by atoms with Gasteiger partial charge in [0.15, 0.2) is 0 Å². The van der Waals surface area contributed by atoms with Gasteiger partial charge in [0.1, 0.15) is 18.1 Å². The molecule has 0 unspecified atom stereocenters. The van der Waals surface area contributed by atoms with Crippen LogP contribution in [0.2, 0.25) is 0 Å². The van der Waals surface area contributed by atoms with Gasteiger partial charge in [-0.1, -0.05) is 6.92 Å². The van der Waals surface area contributed by atoms with E-state index in [1.165, 1.54) is 0 Å². The van der Waals surface area contributed by atoms with E-state index in [0.29, 0.717) is 38.8 Å². The fourth-order valence-corrected chi connectivity index (χ4v) is 1.73. The molecule has 0 amide bonds. The summed E-state index contributed by atoms with van der Waals surface area (Å²) in [7, 11) is 1.67. The summed E-state index contributed by atoms with van der Waals surface area (Å²) in [5, 5.41) is 9.32. The molecule has 21 heavy (non-hydrogen) atoms. The molecule has 0 aliphatic heterocycles. The third-order valence-electron chi connectivity index (χ3n) is 2.80. The molecule has 120 valence electrons. The van der Waals surface area contributed by atoms with Crippen molar-refractivity contribution < 1.29 is 24.1 Å². The van der Waals surface area contributed by atoms with E-state index < -0.39 is 0 Å². The largest absolute Gasteiger partial charge is 0.493 e. The highest BCUT2D eigenvalue weighted by Crippen LogP contribution is 2.25. The Hall–Kier alpha value is -1.30. The molecule has 0 heterocycles. The molecule has 1 aromatic carbocycles. The van der Waals surface area contributed by atoms with Crippen molar-refractivity contribution in [3.63, 3.8) is 0 Å². The van der Waals surface area contributed by atoms with Gasteiger partial charge in [-0.3, -0.25) is 0 Å². The van der Waals surface area contributed by atoms with Crippen molar-refractivity contribution in [3.05, 3.63) is 23.8 Å². The zero-order chi connectivity index (χ0) is 15.3. The number of aliphatic hydroxyl groups is 1. The van der Waals surface area contributed by atoms with Crippen molar-refractivity contribution in [1.29, 1.82) is 0 Å². The summed E-state index contributed by atoms with van der Waals surface area (Å²) in [6.07, 6.45) is 1.83. The minimum Gasteiger partial charge on any atom is -0.493 e. The first-order valence-corrected chi connectivity index (χ1v) is 7.37. The molecule has 5 nitrogen and oxygen atoms in total. The predicted molar refractivity (Wildman–Crippen MR) is 81.0 cm³/mol. The first-order valence-electron chi connectivity index (χ1n) is 7.37. The normalized spacial score (nSPS) is 10.6. The molecule has 0 aliphatic rings.